The molecule has 0 N–H and O–H groups in total. The van der Waals surface area contributed by atoms with Gasteiger partial charge in [0.05, 0.1) is 18.7 Å². The lowest BCUT2D eigenvalue weighted by molar-refractivity contribution is -0.140. The average molecular weight is 263 g/mol. The molecule has 0 unspecified atom stereocenters. The third-order valence-corrected chi connectivity index (χ3v) is 2.97. The fourth-order valence-electron chi connectivity index (χ4n) is 1.92. The maximum atomic E-state index is 11.1. The Hall–Kier alpha value is -2.18. The fraction of sp³-hybridized carbons (Fsp3) is 0.500. The molecule has 0 aliphatic heterocycles. The van der Waals surface area contributed by atoms with Gasteiger partial charge >= 0.3 is 5.97 Å². The average Bonchev–Trinajstić information content (AvgIpc) is 2.80. The Morgan fingerprint density at radius 1 is 1.47 bits per heavy atom. The van der Waals surface area contributed by atoms with Gasteiger partial charge in [0, 0.05) is 27.1 Å². The van der Waals surface area contributed by atoms with Crippen LogP contribution < -0.4 is 4.90 Å². The molecule has 19 heavy (non-hydrogen) atoms. The van der Waals surface area contributed by atoms with Gasteiger partial charge in [0.25, 0.3) is 0 Å². The van der Waals surface area contributed by atoms with E-state index in [2.05, 4.69) is 19.8 Å². The molecule has 0 amide bonds. The van der Waals surface area contributed by atoms with E-state index in [-0.39, 0.29) is 5.97 Å². The number of rotatable bonds is 5. The first kappa shape index (κ1) is 13.3. The topological polar surface area (TPSA) is 73.1 Å². The highest BCUT2D eigenvalue weighted by Crippen LogP contribution is 2.21. The number of esters is 1. The molecule has 2 aromatic rings. The molecule has 7 nitrogen and oxygen atoms in total. The number of carbonyl (C=O) groups is 1. The van der Waals surface area contributed by atoms with Crippen molar-refractivity contribution in [3.8, 4) is 0 Å². The van der Waals surface area contributed by atoms with E-state index in [1.165, 1.54) is 13.4 Å². The second kappa shape index (κ2) is 5.64. The van der Waals surface area contributed by atoms with E-state index in [1.807, 2.05) is 19.0 Å². The molecule has 0 aliphatic carbocycles. The Labute approximate surface area is 111 Å². The Morgan fingerprint density at radius 3 is 3.00 bits per heavy atom. The van der Waals surface area contributed by atoms with Crippen molar-refractivity contribution >= 4 is 22.8 Å². The van der Waals surface area contributed by atoms with E-state index in [0.717, 1.165) is 29.8 Å². The minimum Gasteiger partial charge on any atom is -0.469 e. The molecule has 0 spiro atoms. The quantitative estimate of drug-likeness (QED) is 0.741. The number of hydrogen-bond acceptors (Lipinski definition) is 6. The molecule has 2 rings (SSSR count). The van der Waals surface area contributed by atoms with Crippen molar-refractivity contribution in [2.45, 2.75) is 12.8 Å². The molecule has 0 bridgehead atoms. The molecular weight excluding hydrogens is 246 g/mol. The first-order chi connectivity index (χ1) is 9.13. The number of anilines is 1. The van der Waals surface area contributed by atoms with E-state index >= 15 is 0 Å². The van der Waals surface area contributed by atoms with E-state index in [0.29, 0.717) is 6.42 Å². The van der Waals surface area contributed by atoms with Gasteiger partial charge in [-0.2, -0.15) is 5.10 Å². The lowest BCUT2D eigenvalue weighted by Gasteiger charge is -2.18. The SMILES string of the molecule is COC(=O)CCCN(C)c1ncnc2c1cnn2C. The van der Waals surface area contributed by atoms with E-state index < -0.39 is 0 Å². The summed E-state index contributed by atoms with van der Waals surface area (Å²) in [5.41, 5.74) is 0.796. The van der Waals surface area contributed by atoms with Crippen molar-refractivity contribution in [1.82, 2.24) is 19.7 Å². The van der Waals surface area contributed by atoms with Gasteiger partial charge < -0.3 is 9.64 Å². The van der Waals surface area contributed by atoms with Crippen LogP contribution in [0.2, 0.25) is 0 Å². The van der Waals surface area contributed by atoms with Crippen molar-refractivity contribution in [1.29, 1.82) is 0 Å². The lowest BCUT2D eigenvalue weighted by atomic mass is 10.3. The number of methoxy groups -OCH3 is 1. The molecule has 0 radical (unpaired) electrons. The molecule has 0 fully saturated rings. The van der Waals surface area contributed by atoms with Gasteiger partial charge in [-0.15, -0.1) is 0 Å². The summed E-state index contributed by atoms with van der Waals surface area (Å²) >= 11 is 0. The zero-order valence-corrected chi connectivity index (χ0v) is 11.3. The van der Waals surface area contributed by atoms with E-state index in [9.17, 15) is 4.79 Å². The normalized spacial score (nSPS) is 10.7. The first-order valence-electron chi connectivity index (χ1n) is 6.04. The Morgan fingerprint density at radius 2 is 2.26 bits per heavy atom. The fourth-order valence-corrected chi connectivity index (χ4v) is 1.92. The van der Waals surface area contributed by atoms with Crippen LogP contribution in [-0.2, 0) is 16.6 Å². The maximum absolute atomic E-state index is 11.1. The summed E-state index contributed by atoms with van der Waals surface area (Å²) in [4.78, 5) is 21.5. The number of nitrogens with zero attached hydrogens (tertiary/aromatic N) is 5. The number of hydrogen-bond donors (Lipinski definition) is 0. The predicted molar refractivity (Wildman–Crippen MR) is 70.8 cm³/mol. The standard InChI is InChI=1S/C12H17N5O2/c1-16(6-4-5-10(18)19-3)11-9-7-15-17(2)12(9)14-8-13-11/h7-8H,4-6H2,1-3H3. The van der Waals surface area contributed by atoms with Crippen LogP contribution in [0.3, 0.4) is 0 Å². The summed E-state index contributed by atoms with van der Waals surface area (Å²) in [5.74, 6) is 0.630. The second-order valence-corrected chi connectivity index (χ2v) is 4.30. The molecule has 0 saturated carbocycles. The number of fused-ring (bicyclic) bond motifs is 1. The summed E-state index contributed by atoms with van der Waals surface area (Å²) in [7, 11) is 5.18. The van der Waals surface area contributed by atoms with Crippen LogP contribution in [0.4, 0.5) is 5.82 Å². The number of ether oxygens (including phenoxy) is 1. The van der Waals surface area contributed by atoms with Gasteiger partial charge in [-0.25, -0.2) is 9.97 Å². The summed E-state index contributed by atoms with van der Waals surface area (Å²) in [6, 6.07) is 0. The zero-order chi connectivity index (χ0) is 13.8. The Balaban J connectivity index is 2.09. The zero-order valence-electron chi connectivity index (χ0n) is 11.3. The van der Waals surface area contributed by atoms with Crippen molar-refractivity contribution in [3.63, 3.8) is 0 Å². The summed E-state index contributed by atoms with van der Waals surface area (Å²) in [6.45, 7) is 0.718. The highest BCUT2D eigenvalue weighted by molar-refractivity contribution is 5.86. The molecule has 0 aromatic carbocycles. The second-order valence-electron chi connectivity index (χ2n) is 4.30. The maximum Gasteiger partial charge on any atom is 0.305 e. The smallest absolute Gasteiger partial charge is 0.305 e. The first-order valence-corrected chi connectivity index (χ1v) is 6.04. The van der Waals surface area contributed by atoms with Crippen molar-refractivity contribution in [3.05, 3.63) is 12.5 Å². The molecule has 0 saturated heterocycles. The van der Waals surface area contributed by atoms with Crippen LogP contribution in [0, 0.1) is 0 Å². The molecule has 7 heteroatoms. The van der Waals surface area contributed by atoms with Crippen LogP contribution in [0.15, 0.2) is 12.5 Å². The Bertz CT molecular complexity index is 581. The highest BCUT2D eigenvalue weighted by Gasteiger charge is 2.11. The van der Waals surface area contributed by atoms with Crippen molar-refractivity contribution < 1.29 is 9.53 Å². The van der Waals surface area contributed by atoms with Gasteiger partial charge in [-0.05, 0) is 6.42 Å². The third-order valence-electron chi connectivity index (χ3n) is 2.97. The van der Waals surface area contributed by atoms with Gasteiger partial charge in [0.2, 0.25) is 0 Å². The highest BCUT2D eigenvalue weighted by atomic mass is 16.5. The minimum atomic E-state index is -0.192. The van der Waals surface area contributed by atoms with Gasteiger partial charge in [0.1, 0.15) is 12.1 Å². The minimum absolute atomic E-state index is 0.192. The van der Waals surface area contributed by atoms with E-state index in [4.69, 9.17) is 0 Å². The van der Waals surface area contributed by atoms with Crippen LogP contribution in [0.5, 0.6) is 0 Å². The van der Waals surface area contributed by atoms with Gasteiger partial charge in [-0.3, -0.25) is 9.48 Å². The molecule has 0 aliphatic rings. The molecule has 2 aromatic heterocycles. The number of aryl methyl sites for hydroxylation is 1. The summed E-state index contributed by atoms with van der Waals surface area (Å²) in [5, 5.41) is 5.08. The third kappa shape index (κ3) is 2.81. The van der Waals surface area contributed by atoms with Crippen LogP contribution >= 0.6 is 0 Å². The predicted octanol–water partition coefficient (Wildman–Crippen LogP) is 0.753. The number of carbonyl (C=O) groups excluding carboxylic acids is 1. The molecule has 102 valence electrons. The Kier molecular flexibility index (Phi) is 3.94. The molecular formula is C12H17N5O2. The van der Waals surface area contributed by atoms with Crippen molar-refractivity contribution in [2.75, 3.05) is 25.6 Å². The van der Waals surface area contributed by atoms with Crippen LogP contribution in [0.1, 0.15) is 12.8 Å². The van der Waals surface area contributed by atoms with Crippen molar-refractivity contribution in [2.24, 2.45) is 7.05 Å². The lowest BCUT2D eigenvalue weighted by Crippen LogP contribution is -2.21. The van der Waals surface area contributed by atoms with Crippen LogP contribution in [0.25, 0.3) is 11.0 Å². The van der Waals surface area contributed by atoms with E-state index in [1.54, 1.807) is 10.9 Å². The molecule has 0 atom stereocenters. The monoisotopic (exact) mass is 263 g/mol. The summed E-state index contributed by atoms with van der Waals surface area (Å²) in [6.07, 6.45) is 4.40. The van der Waals surface area contributed by atoms with Crippen LogP contribution in [-0.4, -0.2) is 46.4 Å². The van der Waals surface area contributed by atoms with Gasteiger partial charge in [-0.1, -0.05) is 0 Å². The summed E-state index contributed by atoms with van der Waals surface area (Å²) < 4.78 is 6.33. The largest absolute Gasteiger partial charge is 0.469 e. The van der Waals surface area contributed by atoms with Gasteiger partial charge in [0.15, 0.2) is 5.65 Å². The molecule has 2 heterocycles. The number of aromatic nitrogens is 4.